The van der Waals surface area contributed by atoms with Crippen LogP contribution in [-0.2, 0) is 33.8 Å². The van der Waals surface area contributed by atoms with Crippen LogP contribution < -0.4 is 10.6 Å². The van der Waals surface area contributed by atoms with Crippen LogP contribution in [0.3, 0.4) is 0 Å². The first-order valence-corrected chi connectivity index (χ1v) is 8.49. The molecule has 0 aliphatic carbocycles. The molecule has 2 N–H and O–H groups in total. The van der Waals surface area contributed by atoms with Crippen molar-refractivity contribution < 1.29 is 19.1 Å². The number of ether oxygens (including phenoxy) is 1. The number of nitrogens with zero attached hydrogens (tertiary/aromatic N) is 2. The van der Waals surface area contributed by atoms with Crippen LogP contribution in [0.2, 0.25) is 0 Å². The average molecular weight is 374 g/mol. The largest absolute Gasteiger partial charge is 0.469 e. The van der Waals surface area contributed by atoms with Gasteiger partial charge in [-0.2, -0.15) is 0 Å². The van der Waals surface area contributed by atoms with Gasteiger partial charge in [0.15, 0.2) is 0 Å². The van der Waals surface area contributed by atoms with Crippen LogP contribution in [0, 0.1) is 0 Å². The highest BCUT2D eigenvalue weighted by Crippen LogP contribution is 2.11. The van der Waals surface area contributed by atoms with E-state index in [4.69, 9.17) is 0 Å². The number of esters is 1. The van der Waals surface area contributed by atoms with E-state index in [0.29, 0.717) is 22.1 Å². The minimum atomic E-state index is -0.388. The first kappa shape index (κ1) is 19.3. The minimum absolute atomic E-state index is 0.0615. The Balaban J connectivity index is 1.85. The number of amides is 2. The second-order valence-electron chi connectivity index (χ2n) is 5.14. The lowest BCUT2D eigenvalue weighted by Gasteiger charge is -2.05. The van der Waals surface area contributed by atoms with Crippen LogP contribution in [0.4, 0.5) is 0 Å². The van der Waals surface area contributed by atoms with Gasteiger partial charge in [0.2, 0.25) is 5.91 Å². The van der Waals surface area contributed by atoms with Gasteiger partial charge < -0.3 is 15.4 Å². The van der Waals surface area contributed by atoms with E-state index in [0.717, 1.165) is 5.56 Å². The number of aromatic nitrogens is 2. The predicted molar refractivity (Wildman–Crippen MR) is 95.3 cm³/mol. The molecule has 0 bridgehead atoms. The molecule has 0 fully saturated rings. The second kappa shape index (κ2) is 9.42. The van der Waals surface area contributed by atoms with E-state index < -0.39 is 0 Å². The molecule has 0 saturated carbocycles. The van der Waals surface area contributed by atoms with Gasteiger partial charge in [-0.05, 0) is 23.8 Å². The van der Waals surface area contributed by atoms with Gasteiger partial charge in [0.05, 0.1) is 20.1 Å². The molecule has 0 radical (unpaired) electrons. The van der Waals surface area contributed by atoms with E-state index in [1.807, 2.05) is 0 Å². The molecule has 0 unspecified atom stereocenters. The third-order valence-corrected chi connectivity index (χ3v) is 4.22. The zero-order chi connectivity index (χ0) is 18.9. The highest BCUT2D eigenvalue weighted by atomic mass is 32.1. The van der Waals surface area contributed by atoms with Gasteiger partial charge in [0.25, 0.3) is 5.91 Å². The maximum Gasteiger partial charge on any atom is 0.312 e. The standard InChI is InChI=1S/C17H18N4O4S/c1-3-13(22)18-9-11-4-6-12(7-5-11)17(24)19-10-15-21-20-14(26-15)8-16(23)25-2/h3-7H,1,8-10H2,2H3,(H,18,22)(H,19,24). The molecule has 0 saturated heterocycles. The van der Waals surface area contributed by atoms with Crippen LogP contribution in [-0.4, -0.2) is 35.1 Å². The van der Waals surface area contributed by atoms with E-state index >= 15 is 0 Å². The Bertz CT molecular complexity index is 801. The summed E-state index contributed by atoms with van der Waals surface area (Å²) >= 11 is 1.24. The van der Waals surface area contributed by atoms with Gasteiger partial charge in [-0.3, -0.25) is 14.4 Å². The zero-order valence-corrected chi connectivity index (χ0v) is 15.0. The molecule has 26 heavy (non-hydrogen) atoms. The summed E-state index contributed by atoms with van der Waals surface area (Å²) in [5, 5.41) is 14.3. The molecule has 0 aliphatic rings. The van der Waals surface area contributed by atoms with E-state index in [9.17, 15) is 14.4 Å². The smallest absolute Gasteiger partial charge is 0.312 e. The van der Waals surface area contributed by atoms with Crippen molar-refractivity contribution in [3.05, 3.63) is 58.1 Å². The van der Waals surface area contributed by atoms with Gasteiger partial charge in [-0.25, -0.2) is 0 Å². The molecule has 2 rings (SSSR count). The van der Waals surface area contributed by atoms with Crippen molar-refractivity contribution in [2.45, 2.75) is 19.5 Å². The number of carbonyl (C=O) groups is 3. The quantitative estimate of drug-likeness (QED) is 0.527. The Hall–Kier alpha value is -3.07. The molecule has 0 aliphatic heterocycles. The van der Waals surface area contributed by atoms with Gasteiger partial charge in [-0.15, -0.1) is 10.2 Å². The lowest BCUT2D eigenvalue weighted by Crippen LogP contribution is -2.23. The van der Waals surface area contributed by atoms with Crippen molar-refractivity contribution in [2.75, 3.05) is 7.11 Å². The third-order valence-electron chi connectivity index (χ3n) is 3.30. The number of hydrogen-bond acceptors (Lipinski definition) is 7. The van der Waals surface area contributed by atoms with Crippen LogP contribution in [0.1, 0.15) is 25.9 Å². The summed E-state index contributed by atoms with van der Waals surface area (Å²) in [4.78, 5) is 34.5. The zero-order valence-electron chi connectivity index (χ0n) is 14.2. The maximum atomic E-state index is 12.2. The van der Waals surface area contributed by atoms with Gasteiger partial charge in [0, 0.05) is 12.1 Å². The van der Waals surface area contributed by atoms with Crippen LogP contribution in [0.25, 0.3) is 0 Å². The summed E-state index contributed by atoms with van der Waals surface area (Å²) in [5.41, 5.74) is 1.36. The first-order chi connectivity index (χ1) is 12.5. The minimum Gasteiger partial charge on any atom is -0.469 e. The first-order valence-electron chi connectivity index (χ1n) is 7.67. The summed E-state index contributed by atoms with van der Waals surface area (Å²) in [5.74, 6) is -0.895. The lowest BCUT2D eigenvalue weighted by molar-refractivity contribution is -0.139. The maximum absolute atomic E-state index is 12.2. The number of nitrogens with one attached hydrogen (secondary N) is 2. The molecular formula is C17H18N4O4S. The normalized spacial score (nSPS) is 10.0. The van der Waals surface area contributed by atoms with Crippen molar-refractivity contribution in [1.29, 1.82) is 0 Å². The lowest BCUT2D eigenvalue weighted by atomic mass is 10.1. The Morgan fingerprint density at radius 2 is 1.81 bits per heavy atom. The fourth-order valence-corrected chi connectivity index (χ4v) is 2.69. The number of hydrogen-bond donors (Lipinski definition) is 2. The second-order valence-corrected chi connectivity index (χ2v) is 6.29. The molecule has 136 valence electrons. The van der Waals surface area contributed by atoms with E-state index in [1.165, 1.54) is 24.5 Å². The highest BCUT2D eigenvalue weighted by molar-refractivity contribution is 7.11. The molecule has 1 heterocycles. The van der Waals surface area contributed by atoms with Crippen molar-refractivity contribution >= 4 is 29.1 Å². The van der Waals surface area contributed by atoms with Gasteiger partial charge in [-0.1, -0.05) is 30.0 Å². The summed E-state index contributed by atoms with van der Waals surface area (Å²) in [6, 6.07) is 6.87. The van der Waals surface area contributed by atoms with E-state index in [-0.39, 0.29) is 30.7 Å². The SMILES string of the molecule is C=CC(=O)NCc1ccc(C(=O)NCc2nnc(CC(=O)OC)s2)cc1. The molecule has 2 amide bonds. The molecule has 2 aromatic rings. The number of carbonyl (C=O) groups excluding carboxylic acids is 3. The molecule has 8 nitrogen and oxygen atoms in total. The Morgan fingerprint density at radius 1 is 1.12 bits per heavy atom. The van der Waals surface area contributed by atoms with Gasteiger partial charge >= 0.3 is 5.97 Å². The summed E-state index contributed by atoms with van der Waals surface area (Å²) in [6.07, 6.45) is 1.26. The monoisotopic (exact) mass is 374 g/mol. The summed E-state index contributed by atoms with van der Waals surface area (Å²) in [6.45, 7) is 3.96. The van der Waals surface area contributed by atoms with Crippen molar-refractivity contribution in [1.82, 2.24) is 20.8 Å². The molecule has 1 aromatic carbocycles. The third kappa shape index (κ3) is 5.78. The average Bonchev–Trinajstić information content (AvgIpc) is 3.11. The Morgan fingerprint density at radius 3 is 2.46 bits per heavy atom. The number of rotatable bonds is 8. The van der Waals surface area contributed by atoms with E-state index in [2.05, 4.69) is 32.1 Å². The Kier molecular flexibility index (Phi) is 6.98. The number of methoxy groups -OCH3 is 1. The molecular weight excluding hydrogens is 356 g/mol. The van der Waals surface area contributed by atoms with Crippen LogP contribution >= 0.6 is 11.3 Å². The summed E-state index contributed by atoms with van der Waals surface area (Å²) < 4.78 is 4.57. The number of benzene rings is 1. The fourth-order valence-electron chi connectivity index (χ4n) is 1.92. The Labute approximate surface area is 154 Å². The van der Waals surface area contributed by atoms with Gasteiger partial charge in [0.1, 0.15) is 10.0 Å². The predicted octanol–water partition coefficient (Wildman–Crippen LogP) is 0.986. The summed E-state index contributed by atoms with van der Waals surface area (Å²) in [7, 11) is 1.31. The molecule has 0 spiro atoms. The van der Waals surface area contributed by atoms with E-state index in [1.54, 1.807) is 24.3 Å². The molecule has 9 heteroatoms. The molecule has 0 atom stereocenters. The van der Waals surface area contributed by atoms with Crippen LogP contribution in [0.5, 0.6) is 0 Å². The highest BCUT2D eigenvalue weighted by Gasteiger charge is 2.11. The fraction of sp³-hybridized carbons (Fsp3) is 0.235. The van der Waals surface area contributed by atoms with Crippen molar-refractivity contribution in [2.24, 2.45) is 0 Å². The van der Waals surface area contributed by atoms with Crippen molar-refractivity contribution in [3.8, 4) is 0 Å². The van der Waals surface area contributed by atoms with Crippen LogP contribution in [0.15, 0.2) is 36.9 Å². The topological polar surface area (TPSA) is 110 Å². The van der Waals surface area contributed by atoms with Crippen molar-refractivity contribution in [3.63, 3.8) is 0 Å². The molecule has 1 aromatic heterocycles.